The molecule has 0 N–H and O–H groups in total. The molecule has 3 aliphatic rings. The van der Waals surface area contributed by atoms with Crippen LogP contribution in [0.2, 0.25) is 0 Å². The van der Waals surface area contributed by atoms with Gasteiger partial charge in [0.1, 0.15) is 0 Å². The first kappa shape index (κ1) is 18.7. The molecule has 0 radical (unpaired) electrons. The largest absolute Gasteiger partial charge is 0.342 e. The first-order valence-electron chi connectivity index (χ1n) is 10.8. The van der Waals surface area contributed by atoms with Crippen LogP contribution < -0.4 is 4.90 Å². The third kappa shape index (κ3) is 4.26. The van der Waals surface area contributed by atoms with Gasteiger partial charge in [0.2, 0.25) is 11.9 Å². The second-order valence-corrected chi connectivity index (χ2v) is 8.33. The van der Waals surface area contributed by atoms with Crippen molar-refractivity contribution < 1.29 is 4.79 Å². The van der Waals surface area contributed by atoms with E-state index in [2.05, 4.69) is 31.6 Å². The maximum absolute atomic E-state index is 12.8. The van der Waals surface area contributed by atoms with Crippen LogP contribution in [0, 0.1) is 5.92 Å². The number of likely N-dealkylation sites (tertiary alicyclic amines) is 2. The summed E-state index contributed by atoms with van der Waals surface area (Å²) >= 11 is 0. The Hall–Kier alpha value is -1.69. The van der Waals surface area contributed by atoms with Crippen LogP contribution in [0.5, 0.6) is 0 Å². The summed E-state index contributed by atoms with van der Waals surface area (Å²) in [5.41, 5.74) is 1.19. The van der Waals surface area contributed by atoms with Crippen molar-refractivity contribution in [2.45, 2.75) is 57.9 Å². The summed E-state index contributed by atoms with van der Waals surface area (Å²) < 4.78 is 0. The van der Waals surface area contributed by atoms with E-state index in [1.807, 2.05) is 12.4 Å². The van der Waals surface area contributed by atoms with Crippen molar-refractivity contribution in [3.8, 4) is 0 Å². The molecule has 0 aliphatic carbocycles. The second kappa shape index (κ2) is 8.55. The number of aromatic nitrogens is 2. The van der Waals surface area contributed by atoms with E-state index in [1.54, 1.807) is 0 Å². The van der Waals surface area contributed by atoms with Crippen LogP contribution in [-0.2, 0) is 11.2 Å². The van der Waals surface area contributed by atoms with Crippen LogP contribution in [-0.4, -0.2) is 71.0 Å². The van der Waals surface area contributed by atoms with Crippen molar-refractivity contribution in [3.05, 3.63) is 18.0 Å². The highest BCUT2D eigenvalue weighted by molar-refractivity contribution is 5.79. The Labute approximate surface area is 162 Å². The van der Waals surface area contributed by atoms with Gasteiger partial charge in [0.15, 0.2) is 0 Å². The lowest BCUT2D eigenvalue weighted by atomic mass is 9.93. The smallest absolute Gasteiger partial charge is 0.226 e. The first-order valence-corrected chi connectivity index (χ1v) is 10.8. The standard InChI is InChI=1S/C21H33N5O/c1-2-17-14-22-21(23-15-17)25-12-7-19(8-13-25)26-11-5-6-18(16-26)20(27)24-9-3-4-10-24/h14-15,18-19H,2-13,16H2,1H3. The van der Waals surface area contributed by atoms with Crippen molar-refractivity contribution in [2.75, 3.05) is 44.2 Å². The molecular weight excluding hydrogens is 338 g/mol. The predicted octanol–water partition coefficient (Wildman–Crippen LogP) is 2.34. The molecule has 0 saturated carbocycles. The molecule has 6 nitrogen and oxygen atoms in total. The molecule has 4 heterocycles. The van der Waals surface area contributed by atoms with E-state index < -0.39 is 0 Å². The third-order valence-corrected chi connectivity index (χ3v) is 6.58. The van der Waals surface area contributed by atoms with Gasteiger partial charge in [0, 0.05) is 51.2 Å². The maximum Gasteiger partial charge on any atom is 0.226 e. The van der Waals surface area contributed by atoms with Crippen LogP contribution in [0.3, 0.4) is 0 Å². The summed E-state index contributed by atoms with van der Waals surface area (Å²) in [5, 5.41) is 0. The van der Waals surface area contributed by atoms with Crippen molar-refractivity contribution in [3.63, 3.8) is 0 Å². The fraction of sp³-hybridized carbons (Fsp3) is 0.762. The van der Waals surface area contributed by atoms with Crippen LogP contribution in [0.25, 0.3) is 0 Å². The van der Waals surface area contributed by atoms with Gasteiger partial charge in [0.05, 0.1) is 5.92 Å². The Bertz CT molecular complexity index is 620. The van der Waals surface area contributed by atoms with E-state index in [4.69, 9.17) is 0 Å². The van der Waals surface area contributed by atoms with Crippen molar-refractivity contribution >= 4 is 11.9 Å². The molecule has 3 saturated heterocycles. The third-order valence-electron chi connectivity index (χ3n) is 6.58. The van der Waals surface area contributed by atoms with Crippen molar-refractivity contribution in [1.29, 1.82) is 0 Å². The summed E-state index contributed by atoms with van der Waals surface area (Å²) in [6.45, 7) is 8.21. The fourth-order valence-corrected chi connectivity index (χ4v) is 4.86. The van der Waals surface area contributed by atoms with E-state index >= 15 is 0 Å². The number of rotatable bonds is 4. The minimum atomic E-state index is 0.222. The zero-order valence-corrected chi connectivity index (χ0v) is 16.6. The summed E-state index contributed by atoms with van der Waals surface area (Å²) in [5.74, 6) is 1.50. The zero-order valence-electron chi connectivity index (χ0n) is 16.6. The minimum absolute atomic E-state index is 0.222. The van der Waals surface area contributed by atoms with Gasteiger partial charge in [-0.3, -0.25) is 9.69 Å². The number of piperidine rings is 2. The Balaban J connectivity index is 1.30. The number of hydrogen-bond donors (Lipinski definition) is 0. The van der Waals surface area contributed by atoms with Gasteiger partial charge in [-0.2, -0.15) is 0 Å². The summed E-state index contributed by atoms with van der Waals surface area (Å²) in [6.07, 6.45) is 11.8. The number of aryl methyl sites for hydroxylation is 1. The SMILES string of the molecule is CCc1cnc(N2CCC(N3CCCC(C(=O)N4CCCC4)C3)CC2)nc1. The maximum atomic E-state index is 12.8. The fourth-order valence-electron chi connectivity index (χ4n) is 4.86. The van der Waals surface area contributed by atoms with E-state index in [9.17, 15) is 4.79 Å². The van der Waals surface area contributed by atoms with Crippen LogP contribution in [0.4, 0.5) is 5.95 Å². The average molecular weight is 372 g/mol. The molecule has 4 rings (SSSR count). The lowest BCUT2D eigenvalue weighted by molar-refractivity contribution is -0.136. The quantitative estimate of drug-likeness (QED) is 0.813. The van der Waals surface area contributed by atoms with Gasteiger partial charge in [0.25, 0.3) is 0 Å². The van der Waals surface area contributed by atoms with E-state index in [0.717, 1.165) is 77.3 Å². The number of anilines is 1. The molecule has 1 aromatic rings. The molecule has 1 amide bonds. The summed E-state index contributed by atoms with van der Waals surface area (Å²) in [4.78, 5) is 28.9. The van der Waals surface area contributed by atoms with Gasteiger partial charge in [-0.05, 0) is 57.1 Å². The molecular formula is C21H33N5O. The van der Waals surface area contributed by atoms with E-state index in [1.165, 1.54) is 18.4 Å². The highest BCUT2D eigenvalue weighted by atomic mass is 16.2. The Morgan fingerprint density at radius 1 is 1.00 bits per heavy atom. The number of carbonyl (C=O) groups is 1. The number of hydrogen-bond acceptors (Lipinski definition) is 5. The second-order valence-electron chi connectivity index (χ2n) is 8.33. The highest BCUT2D eigenvalue weighted by Gasteiger charge is 2.34. The van der Waals surface area contributed by atoms with Gasteiger partial charge in [-0.15, -0.1) is 0 Å². The van der Waals surface area contributed by atoms with E-state index in [-0.39, 0.29) is 5.92 Å². The highest BCUT2D eigenvalue weighted by Crippen LogP contribution is 2.27. The van der Waals surface area contributed by atoms with Gasteiger partial charge < -0.3 is 9.80 Å². The molecule has 1 aromatic heterocycles. The molecule has 1 unspecified atom stereocenters. The topological polar surface area (TPSA) is 52.6 Å². The van der Waals surface area contributed by atoms with Gasteiger partial charge >= 0.3 is 0 Å². The van der Waals surface area contributed by atoms with Crippen LogP contribution in [0.15, 0.2) is 12.4 Å². The molecule has 0 spiro atoms. The normalized spacial score (nSPS) is 25.1. The molecule has 3 aliphatic heterocycles. The molecule has 0 aromatic carbocycles. The molecule has 3 fully saturated rings. The number of carbonyl (C=O) groups excluding carboxylic acids is 1. The molecule has 0 bridgehead atoms. The Morgan fingerprint density at radius 3 is 2.37 bits per heavy atom. The number of amides is 1. The molecule has 27 heavy (non-hydrogen) atoms. The lowest BCUT2D eigenvalue weighted by Crippen LogP contribution is -2.51. The van der Waals surface area contributed by atoms with Crippen molar-refractivity contribution in [2.24, 2.45) is 5.92 Å². The minimum Gasteiger partial charge on any atom is -0.342 e. The lowest BCUT2D eigenvalue weighted by Gasteiger charge is -2.42. The average Bonchev–Trinajstić information content (AvgIpc) is 3.28. The monoisotopic (exact) mass is 371 g/mol. The summed E-state index contributed by atoms with van der Waals surface area (Å²) in [6, 6.07) is 0.602. The van der Waals surface area contributed by atoms with E-state index in [0.29, 0.717) is 11.9 Å². The predicted molar refractivity (Wildman–Crippen MR) is 107 cm³/mol. The van der Waals surface area contributed by atoms with Crippen LogP contribution in [0.1, 0.15) is 51.0 Å². The van der Waals surface area contributed by atoms with Gasteiger partial charge in [-0.25, -0.2) is 9.97 Å². The Kier molecular flexibility index (Phi) is 5.91. The van der Waals surface area contributed by atoms with Crippen LogP contribution >= 0.6 is 0 Å². The molecule has 148 valence electrons. The Morgan fingerprint density at radius 2 is 1.70 bits per heavy atom. The number of nitrogens with zero attached hydrogens (tertiary/aromatic N) is 5. The first-order chi connectivity index (χ1) is 13.2. The zero-order chi connectivity index (χ0) is 18.6. The van der Waals surface area contributed by atoms with Crippen molar-refractivity contribution in [1.82, 2.24) is 19.8 Å². The summed E-state index contributed by atoms with van der Waals surface area (Å²) in [7, 11) is 0. The molecule has 1 atom stereocenters. The molecule has 6 heteroatoms. The van der Waals surface area contributed by atoms with Gasteiger partial charge in [-0.1, -0.05) is 6.92 Å².